The summed E-state index contributed by atoms with van der Waals surface area (Å²) in [7, 11) is 0. The quantitative estimate of drug-likeness (QED) is 0.209. The van der Waals surface area contributed by atoms with E-state index in [2.05, 4.69) is 0 Å². The molecule has 0 fully saturated rings. The highest BCUT2D eigenvalue weighted by atomic mass is 16.5. The molecule has 0 bridgehead atoms. The average Bonchev–Trinajstić information content (AvgIpc) is 2.84. The lowest BCUT2D eigenvalue weighted by atomic mass is 10.0. The molecule has 4 heteroatoms. The van der Waals surface area contributed by atoms with Crippen molar-refractivity contribution in [2.75, 3.05) is 0 Å². The fourth-order valence-corrected chi connectivity index (χ4v) is 3.14. The van der Waals surface area contributed by atoms with Crippen molar-refractivity contribution in [2.45, 2.75) is 0 Å². The van der Waals surface area contributed by atoms with E-state index in [-0.39, 0.29) is 0 Å². The number of carbonyl (C=O) groups excluding carboxylic acids is 2. The Kier molecular flexibility index (Phi) is 6.54. The first kappa shape index (κ1) is 20.8. The van der Waals surface area contributed by atoms with Gasteiger partial charge in [-0.25, -0.2) is 9.59 Å². The van der Waals surface area contributed by atoms with Gasteiger partial charge in [-0.1, -0.05) is 84.9 Å². The Labute approximate surface area is 186 Å². The van der Waals surface area contributed by atoms with Gasteiger partial charge in [-0.3, -0.25) is 0 Å². The summed E-state index contributed by atoms with van der Waals surface area (Å²) in [6.07, 6.45) is 3.58. The van der Waals surface area contributed by atoms with Crippen LogP contribution in [0.2, 0.25) is 0 Å². The monoisotopic (exact) mass is 420 g/mol. The number of rotatable bonds is 6. The van der Waals surface area contributed by atoms with E-state index in [4.69, 9.17) is 9.47 Å². The van der Waals surface area contributed by atoms with Gasteiger partial charge in [0.2, 0.25) is 0 Å². The van der Waals surface area contributed by atoms with Gasteiger partial charge in [0, 0.05) is 0 Å². The highest BCUT2D eigenvalue weighted by Gasteiger charge is 2.14. The third kappa shape index (κ3) is 5.18. The summed E-state index contributed by atoms with van der Waals surface area (Å²) in [6, 6.07) is 32.2. The smallest absolute Gasteiger partial charge is 0.344 e. The fraction of sp³-hybridized carbons (Fsp3) is 0. The summed E-state index contributed by atoms with van der Waals surface area (Å²) in [4.78, 5) is 25.4. The highest BCUT2D eigenvalue weighted by molar-refractivity contribution is 5.98. The van der Waals surface area contributed by atoms with E-state index in [9.17, 15) is 9.59 Å². The van der Waals surface area contributed by atoms with E-state index in [0.717, 1.165) is 0 Å². The molecule has 0 radical (unpaired) electrons. The minimum atomic E-state index is -0.451. The number of para-hydroxylation sites is 2. The third-order valence-corrected chi connectivity index (χ3v) is 4.71. The van der Waals surface area contributed by atoms with E-state index < -0.39 is 11.9 Å². The van der Waals surface area contributed by atoms with Crippen molar-refractivity contribution >= 4 is 24.1 Å². The Morgan fingerprint density at radius 1 is 0.469 bits per heavy atom. The van der Waals surface area contributed by atoms with E-state index in [1.54, 1.807) is 84.9 Å². The molecular formula is C28H20O4. The third-order valence-electron chi connectivity index (χ3n) is 4.71. The van der Waals surface area contributed by atoms with Gasteiger partial charge in [0.05, 0.1) is 11.1 Å². The largest absolute Gasteiger partial charge is 0.423 e. The lowest BCUT2D eigenvalue weighted by Crippen LogP contribution is -2.10. The van der Waals surface area contributed by atoms with Crippen LogP contribution < -0.4 is 9.47 Å². The molecule has 4 rings (SSSR count). The molecule has 0 saturated carbocycles. The molecule has 0 atom stereocenters. The normalized spacial score (nSPS) is 10.6. The maximum Gasteiger partial charge on any atom is 0.344 e. The maximum atomic E-state index is 12.7. The Bertz CT molecular complexity index is 1150. The second-order valence-electron chi connectivity index (χ2n) is 6.91. The molecular weight excluding hydrogens is 400 g/mol. The van der Waals surface area contributed by atoms with Crippen molar-refractivity contribution in [2.24, 2.45) is 0 Å². The van der Waals surface area contributed by atoms with Crippen LogP contribution >= 0.6 is 0 Å². The Morgan fingerprint density at radius 2 is 0.812 bits per heavy atom. The van der Waals surface area contributed by atoms with Gasteiger partial charge in [-0.05, 0) is 47.5 Å². The summed E-state index contributed by atoms with van der Waals surface area (Å²) in [6.45, 7) is 0. The molecule has 0 aliphatic carbocycles. The highest BCUT2D eigenvalue weighted by Crippen LogP contribution is 2.20. The van der Waals surface area contributed by atoms with E-state index in [0.29, 0.717) is 33.8 Å². The van der Waals surface area contributed by atoms with Crippen molar-refractivity contribution in [3.05, 3.63) is 131 Å². The molecule has 4 nitrogen and oxygen atoms in total. The SMILES string of the molecule is O=C(Oc1ccccc1)c1ccccc1C=Cc1ccccc1C(=O)Oc1ccccc1. The van der Waals surface area contributed by atoms with Crippen LogP contribution in [-0.2, 0) is 0 Å². The molecule has 0 aromatic heterocycles. The summed E-state index contributed by atoms with van der Waals surface area (Å²) >= 11 is 0. The second-order valence-corrected chi connectivity index (χ2v) is 6.91. The second kappa shape index (κ2) is 10.0. The van der Waals surface area contributed by atoms with Crippen LogP contribution in [0.3, 0.4) is 0 Å². The predicted octanol–water partition coefficient (Wildman–Crippen LogP) is 6.30. The molecule has 4 aromatic carbocycles. The van der Waals surface area contributed by atoms with Crippen molar-refractivity contribution in [3.8, 4) is 11.5 Å². The minimum Gasteiger partial charge on any atom is -0.423 e. The first-order valence-electron chi connectivity index (χ1n) is 10.1. The standard InChI is InChI=1S/C28H20O4/c29-27(31-23-13-3-1-4-14-23)25-17-9-7-11-21(25)19-20-22-12-8-10-18-26(22)28(30)32-24-15-5-2-6-16-24/h1-20H. The van der Waals surface area contributed by atoms with Crippen LogP contribution in [0.1, 0.15) is 31.8 Å². The van der Waals surface area contributed by atoms with Gasteiger partial charge in [0.15, 0.2) is 0 Å². The molecule has 156 valence electrons. The van der Waals surface area contributed by atoms with Gasteiger partial charge in [-0.2, -0.15) is 0 Å². The molecule has 0 aliphatic rings. The van der Waals surface area contributed by atoms with Crippen molar-refractivity contribution in [1.82, 2.24) is 0 Å². The van der Waals surface area contributed by atoms with Crippen LogP contribution in [0.5, 0.6) is 11.5 Å². The van der Waals surface area contributed by atoms with Crippen molar-refractivity contribution < 1.29 is 19.1 Å². The molecule has 0 amide bonds. The minimum absolute atomic E-state index is 0.428. The maximum absolute atomic E-state index is 12.7. The van der Waals surface area contributed by atoms with Gasteiger partial charge >= 0.3 is 11.9 Å². The van der Waals surface area contributed by atoms with Crippen LogP contribution in [0, 0.1) is 0 Å². The first-order valence-corrected chi connectivity index (χ1v) is 10.1. The summed E-state index contributed by atoms with van der Waals surface area (Å²) < 4.78 is 10.9. The Balaban J connectivity index is 1.57. The van der Waals surface area contributed by atoms with Crippen LogP contribution in [0.25, 0.3) is 12.2 Å². The number of benzene rings is 4. The predicted molar refractivity (Wildman–Crippen MR) is 125 cm³/mol. The molecule has 0 N–H and O–H groups in total. The average molecular weight is 420 g/mol. The molecule has 0 aliphatic heterocycles. The summed E-state index contributed by atoms with van der Waals surface area (Å²) in [5.41, 5.74) is 2.22. The molecule has 0 unspecified atom stereocenters. The zero-order valence-corrected chi connectivity index (χ0v) is 17.2. The molecule has 0 saturated heterocycles. The zero-order valence-electron chi connectivity index (χ0n) is 17.2. The Hall–Kier alpha value is -4.44. The molecule has 4 aromatic rings. The zero-order chi connectivity index (χ0) is 22.2. The van der Waals surface area contributed by atoms with Gasteiger partial charge in [0.25, 0.3) is 0 Å². The van der Waals surface area contributed by atoms with Crippen LogP contribution in [0.15, 0.2) is 109 Å². The van der Waals surface area contributed by atoms with Gasteiger partial charge in [-0.15, -0.1) is 0 Å². The lowest BCUT2D eigenvalue weighted by Gasteiger charge is -2.08. The molecule has 0 spiro atoms. The number of hydrogen-bond donors (Lipinski definition) is 0. The summed E-state index contributed by atoms with van der Waals surface area (Å²) in [5, 5.41) is 0. The number of carbonyl (C=O) groups is 2. The topological polar surface area (TPSA) is 52.6 Å². The lowest BCUT2D eigenvalue weighted by molar-refractivity contribution is 0.0724. The van der Waals surface area contributed by atoms with Crippen LogP contribution in [0.4, 0.5) is 0 Å². The number of esters is 2. The molecule has 32 heavy (non-hydrogen) atoms. The summed E-state index contributed by atoms with van der Waals surface area (Å²) in [5.74, 6) is 0.0528. The molecule has 0 heterocycles. The Morgan fingerprint density at radius 3 is 1.22 bits per heavy atom. The fourth-order valence-electron chi connectivity index (χ4n) is 3.14. The first-order chi connectivity index (χ1) is 15.7. The number of ether oxygens (including phenoxy) is 2. The van der Waals surface area contributed by atoms with Crippen molar-refractivity contribution in [3.63, 3.8) is 0 Å². The number of hydrogen-bond acceptors (Lipinski definition) is 4. The van der Waals surface area contributed by atoms with E-state index >= 15 is 0 Å². The van der Waals surface area contributed by atoms with Crippen LogP contribution in [-0.4, -0.2) is 11.9 Å². The van der Waals surface area contributed by atoms with E-state index in [1.165, 1.54) is 0 Å². The van der Waals surface area contributed by atoms with Gasteiger partial charge < -0.3 is 9.47 Å². The van der Waals surface area contributed by atoms with Crippen molar-refractivity contribution in [1.29, 1.82) is 0 Å². The van der Waals surface area contributed by atoms with E-state index in [1.807, 2.05) is 36.4 Å². The van der Waals surface area contributed by atoms with Gasteiger partial charge in [0.1, 0.15) is 11.5 Å².